The number of hydrogen-bond acceptors (Lipinski definition) is 6. The summed E-state index contributed by atoms with van der Waals surface area (Å²) in [4.78, 5) is 8.32. The number of hydrogen-bond donors (Lipinski definition) is 2. The maximum absolute atomic E-state index is 11.1. The number of ether oxygens (including phenoxy) is 1. The summed E-state index contributed by atoms with van der Waals surface area (Å²) in [5.74, 6) is -2.70. The Morgan fingerprint density at radius 2 is 1.71 bits per heavy atom. The first-order chi connectivity index (χ1) is 7.28. The molecule has 0 saturated heterocycles. The highest BCUT2D eigenvalue weighted by atomic mass is 32.2. The Labute approximate surface area is 98.8 Å². The minimum atomic E-state index is -5.05. The molecule has 100 valence electrons. The lowest BCUT2D eigenvalue weighted by molar-refractivity contribution is -0.145. The molecule has 0 aliphatic carbocycles. The van der Waals surface area contributed by atoms with E-state index < -0.39 is 36.9 Å². The van der Waals surface area contributed by atoms with Crippen molar-refractivity contribution in [2.45, 2.75) is 18.8 Å². The van der Waals surface area contributed by atoms with Crippen molar-refractivity contribution in [3.05, 3.63) is 12.2 Å². The van der Waals surface area contributed by atoms with Crippen molar-refractivity contribution in [3.8, 4) is 0 Å². The molecule has 0 radical (unpaired) electrons. The first kappa shape index (κ1) is 16.0. The lowest BCUT2D eigenvalue weighted by atomic mass is 10.3. The summed E-state index contributed by atoms with van der Waals surface area (Å²) >= 11 is 0. The summed E-state index contributed by atoms with van der Waals surface area (Å²) in [5, 5.41) is 0. The summed E-state index contributed by atoms with van der Waals surface area (Å²) in [5.41, 5.74) is -0.199. The second-order valence-electron chi connectivity index (χ2n) is 3.50. The van der Waals surface area contributed by atoms with E-state index >= 15 is 0 Å². The molecule has 17 heavy (non-hydrogen) atoms. The van der Waals surface area contributed by atoms with Crippen molar-refractivity contribution in [1.82, 2.24) is 0 Å². The molecular weight excluding hydrogens is 276 g/mol. The number of carbonyl (C=O) groups excluding carboxylic acids is 1. The molecule has 1 atom stereocenters. The first-order valence-corrected chi connectivity index (χ1v) is 7.14. The lowest BCUT2D eigenvalue weighted by Crippen LogP contribution is -2.46. The summed E-state index contributed by atoms with van der Waals surface area (Å²) in [6.45, 7) is 4.99. The molecule has 0 amide bonds. The zero-order chi connectivity index (χ0) is 14.1. The normalized spacial score (nSPS) is 16.0. The van der Waals surface area contributed by atoms with Crippen LogP contribution in [0.1, 0.15) is 13.8 Å². The predicted molar refractivity (Wildman–Crippen MR) is 57.3 cm³/mol. The van der Waals surface area contributed by atoms with Crippen LogP contribution in [0.15, 0.2) is 12.2 Å². The Balaban J connectivity index is 5.44. The van der Waals surface area contributed by atoms with Gasteiger partial charge in [0, 0.05) is 5.57 Å². The standard InChI is InChI=1S/C7H12O8S2/c1-5(2)6(8)15-7(3,17(12,13)14)4-16(9,10)11/h1,4H2,2-3H3,(H,9,10,11)(H,12,13,14). The van der Waals surface area contributed by atoms with Crippen LogP contribution in [0, 0.1) is 0 Å². The van der Waals surface area contributed by atoms with E-state index in [0.29, 0.717) is 6.92 Å². The lowest BCUT2D eigenvalue weighted by Gasteiger charge is -2.24. The van der Waals surface area contributed by atoms with E-state index in [4.69, 9.17) is 9.11 Å². The van der Waals surface area contributed by atoms with Gasteiger partial charge in [0.1, 0.15) is 5.75 Å². The van der Waals surface area contributed by atoms with Gasteiger partial charge in [-0.15, -0.1) is 0 Å². The minimum Gasteiger partial charge on any atom is -0.436 e. The maximum Gasteiger partial charge on any atom is 0.334 e. The van der Waals surface area contributed by atoms with Crippen molar-refractivity contribution >= 4 is 26.2 Å². The van der Waals surface area contributed by atoms with Gasteiger partial charge in [0.2, 0.25) is 4.93 Å². The molecule has 0 rings (SSSR count). The van der Waals surface area contributed by atoms with Gasteiger partial charge in [-0.25, -0.2) is 4.79 Å². The monoisotopic (exact) mass is 288 g/mol. The van der Waals surface area contributed by atoms with Gasteiger partial charge in [-0.3, -0.25) is 9.11 Å². The smallest absolute Gasteiger partial charge is 0.334 e. The average molecular weight is 288 g/mol. The number of carbonyl (C=O) groups is 1. The summed E-state index contributed by atoms with van der Waals surface area (Å²) in [6.07, 6.45) is 0. The van der Waals surface area contributed by atoms with Crippen LogP contribution in [-0.4, -0.2) is 42.6 Å². The van der Waals surface area contributed by atoms with Gasteiger partial charge in [0.15, 0.2) is 0 Å². The molecule has 8 nitrogen and oxygen atoms in total. The summed E-state index contributed by atoms with van der Waals surface area (Å²) in [7, 11) is -9.83. The second-order valence-corrected chi connectivity index (χ2v) is 6.77. The number of esters is 1. The quantitative estimate of drug-likeness (QED) is 0.396. The Hall–Kier alpha value is -0.970. The molecule has 0 heterocycles. The van der Waals surface area contributed by atoms with Crippen LogP contribution in [0.2, 0.25) is 0 Å². The highest BCUT2D eigenvalue weighted by molar-refractivity contribution is 7.90. The second kappa shape index (κ2) is 4.72. The van der Waals surface area contributed by atoms with E-state index in [9.17, 15) is 21.6 Å². The van der Waals surface area contributed by atoms with Crippen molar-refractivity contribution < 1.29 is 35.5 Å². The largest absolute Gasteiger partial charge is 0.436 e. The van der Waals surface area contributed by atoms with Gasteiger partial charge in [-0.2, -0.15) is 16.8 Å². The molecule has 0 aromatic carbocycles. The van der Waals surface area contributed by atoms with Crippen LogP contribution in [-0.2, 0) is 29.8 Å². The molecule has 0 spiro atoms. The van der Waals surface area contributed by atoms with Crippen LogP contribution in [0.5, 0.6) is 0 Å². The van der Waals surface area contributed by atoms with Crippen molar-refractivity contribution in [2.75, 3.05) is 5.75 Å². The highest BCUT2D eigenvalue weighted by Gasteiger charge is 2.46. The molecule has 0 fully saturated rings. The third-order valence-corrected chi connectivity index (χ3v) is 4.06. The fourth-order valence-corrected chi connectivity index (χ4v) is 2.72. The van der Waals surface area contributed by atoms with Crippen molar-refractivity contribution in [2.24, 2.45) is 0 Å². The predicted octanol–water partition coefficient (Wildman–Crippen LogP) is -0.402. The molecule has 0 saturated carbocycles. The third kappa shape index (κ3) is 4.81. The van der Waals surface area contributed by atoms with Gasteiger partial charge in [-0.05, 0) is 13.8 Å². The Bertz CT molecular complexity index is 528. The van der Waals surface area contributed by atoms with Gasteiger partial charge in [0.05, 0.1) is 0 Å². The molecule has 0 aliphatic heterocycles. The molecule has 0 bridgehead atoms. The fourth-order valence-electron chi connectivity index (χ4n) is 0.771. The van der Waals surface area contributed by atoms with Crippen LogP contribution in [0.4, 0.5) is 0 Å². The Morgan fingerprint density at radius 3 is 1.94 bits per heavy atom. The van der Waals surface area contributed by atoms with Crippen LogP contribution < -0.4 is 0 Å². The first-order valence-electron chi connectivity index (χ1n) is 4.09. The zero-order valence-electron chi connectivity index (χ0n) is 9.07. The van der Waals surface area contributed by atoms with E-state index in [1.54, 1.807) is 0 Å². The fraction of sp³-hybridized carbons (Fsp3) is 0.571. The molecule has 0 aliphatic rings. The summed E-state index contributed by atoms with van der Waals surface area (Å²) in [6, 6.07) is 0. The third-order valence-electron chi connectivity index (χ3n) is 1.65. The molecular formula is C7H12O8S2. The van der Waals surface area contributed by atoms with Crippen molar-refractivity contribution in [3.63, 3.8) is 0 Å². The van der Waals surface area contributed by atoms with Crippen molar-refractivity contribution in [1.29, 1.82) is 0 Å². The average Bonchev–Trinajstić information content (AvgIpc) is 1.97. The number of rotatable bonds is 5. The van der Waals surface area contributed by atoms with Crippen LogP contribution in [0.3, 0.4) is 0 Å². The van der Waals surface area contributed by atoms with Gasteiger partial charge in [0.25, 0.3) is 10.1 Å². The van der Waals surface area contributed by atoms with E-state index in [0.717, 1.165) is 0 Å². The Morgan fingerprint density at radius 1 is 1.29 bits per heavy atom. The van der Waals surface area contributed by atoms with Crippen LogP contribution >= 0.6 is 0 Å². The van der Waals surface area contributed by atoms with E-state index in [1.165, 1.54) is 6.92 Å². The summed E-state index contributed by atoms with van der Waals surface area (Å²) < 4.78 is 64.8. The van der Waals surface area contributed by atoms with Gasteiger partial charge < -0.3 is 4.74 Å². The molecule has 1 unspecified atom stereocenters. The highest BCUT2D eigenvalue weighted by Crippen LogP contribution is 2.21. The zero-order valence-corrected chi connectivity index (χ0v) is 10.7. The van der Waals surface area contributed by atoms with E-state index in [-0.39, 0.29) is 5.57 Å². The molecule has 10 heteroatoms. The van der Waals surface area contributed by atoms with Gasteiger partial charge >= 0.3 is 16.1 Å². The minimum absolute atomic E-state index is 0.199. The topological polar surface area (TPSA) is 135 Å². The SMILES string of the molecule is C=C(C)C(=O)OC(C)(CS(=O)(=O)O)S(=O)(=O)O. The molecule has 0 aromatic rings. The Kier molecular flexibility index (Phi) is 4.45. The maximum atomic E-state index is 11.1. The van der Waals surface area contributed by atoms with Gasteiger partial charge in [-0.1, -0.05) is 6.58 Å². The van der Waals surface area contributed by atoms with E-state index in [2.05, 4.69) is 11.3 Å². The van der Waals surface area contributed by atoms with E-state index in [1.807, 2.05) is 0 Å². The van der Waals surface area contributed by atoms with Crippen LogP contribution in [0.25, 0.3) is 0 Å². The molecule has 0 aromatic heterocycles. The molecule has 2 N–H and O–H groups in total.